The summed E-state index contributed by atoms with van der Waals surface area (Å²) in [6.07, 6.45) is 5.32. The second-order valence-electron chi connectivity index (χ2n) is 3.85. The van der Waals surface area contributed by atoms with Gasteiger partial charge in [0.05, 0.1) is 11.1 Å². The Morgan fingerprint density at radius 2 is 2.19 bits per heavy atom. The van der Waals surface area contributed by atoms with Crippen LogP contribution in [0.1, 0.15) is 24.2 Å². The first-order valence-corrected chi connectivity index (χ1v) is 6.48. The first-order valence-electron chi connectivity index (χ1n) is 4.61. The van der Waals surface area contributed by atoms with Gasteiger partial charge in [-0.1, -0.05) is 5.92 Å². The van der Waals surface area contributed by atoms with Gasteiger partial charge in [0.15, 0.2) is 0 Å². The summed E-state index contributed by atoms with van der Waals surface area (Å²) >= 11 is 5.51. The number of terminal acetylenes is 1. The van der Waals surface area contributed by atoms with Crippen LogP contribution >= 0.6 is 38.5 Å². The van der Waals surface area contributed by atoms with Crippen molar-refractivity contribution in [2.75, 3.05) is 0 Å². The Morgan fingerprint density at radius 3 is 2.75 bits per heavy atom. The lowest BCUT2D eigenvalue weighted by Crippen LogP contribution is -2.42. The summed E-state index contributed by atoms with van der Waals surface area (Å²) in [7, 11) is 0. The Morgan fingerprint density at radius 1 is 1.56 bits per heavy atom. The summed E-state index contributed by atoms with van der Waals surface area (Å²) in [6.45, 7) is 3.57. The Kier molecular flexibility index (Phi) is 4.39. The van der Waals surface area contributed by atoms with Gasteiger partial charge in [-0.3, -0.25) is 4.79 Å². The minimum Gasteiger partial charge on any atom is -0.336 e. The largest absolute Gasteiger partial charge is 0.336 e. The molecular weight excluding hydrogens is 381 g/mol. The molecule has 0 aliphatic heterocycles. The second kappa shape index (κ2) is 5.19. The van der Waals surface area contributed by atoms with Gasteiger partial charge in [0.25, 0.3) is 5.91 Å². The van der Waals surface area contributed by atoms with Crippen molar-refractivity contribution in [1.29, 1.82) is 0 Å². The molecule has 0 heterocycles. The van der Waals surface area contributed by atoms with Crippen LogP contribution in [-0.2, 0) is 0 Å². The third-order valence-electron chi connectivity index (χ3n) is 1.96. The zero-order valence-electron chi connectivity index (χ0n) is 8.97. The van der Waals surface area contributed by atoms with Crippen LogP contribution in [0.5, 0.6) is 0 Å². The van der Waals surface area contributed by atoms with E-state index < -0.39 is 5.54 Å². The Labute approximate surface area is 117 Å². The number of rotatable bonds is 2. The van der Waals surface area contributed by atoms with E-state index in [0.29, 0.717) is 5.56 Å². The minimum atomic E-state index is -0.641. The fraction of sp³-hybridized carbons (Fsp3) is 0.250. The SMILES string of the molecule is C#CC(C)(C)NC(=O)c1cc(I)ccc1Br. The maximum Gasteiger partial charge on any atom is 0.253 e. The number of carbonyl (C=O) groups is 1. The van der Waals surface area contributed by atoms with Gasteiger partial charge in [0.2, 0.25) is 0 Å². The molecule has 0 saturated heterocycles. The lowest BCUT2D eigenvalue weighted by molar-refractivity contribution is 0.0929. The molecule has 0 radical (unpaired) electrons. The fourth-order valence-corrected chi connectivity index (χ4v) is 1.98. The van der Waals surface area contributed by atoms with Crippen molar-refractivity contribution in [1.82, 2.24) is 5.32 Å². The number of hydrogen-bond acceptors (Lipinski definition) is 1. The van der Waals surface area contributed by atoms with Gasteiger partial charge in [-0.05, 0) is 70.6 Å². The van der Waals surface area contributed by atoms with Crippen molar-refractivity contribution in [3.8, 4) is 12.3 Å². The predicted molar refractivity (Wildman–Crippen MR) is 77.2 cm³/mol. The molecule has 0 spiro atoms. The maximum atomic E-state index is 12.0. The highest BCUT2D eigenvalue weighted by molar-refractivity contribution is 14.1. The van der Waals surface area contributed by atoms with Gasteiger partial charge >= 0.3 is 0 Å². The molecule has 1 aromatic rings. The number of benzene rings is 1. The molecule has 0 atom stereocenters. The van der Waals surface area contributed by atoms with Crippen molar-refractivity contribution < 1.29 is 4.79 Å². The van der Waals surface area contributed by atoms with Crippen LogP contribution in [0.25, 0.3) is 0 Å². The Hall–Kier alpha value is -0.540. The topological polar surface area (TPSA) is 29.1 Å². The van der Waals surface area contributed by atoms with E-state index >= 15 is 0 Å². The van der Waals surface area contributed by atoms with Gasteiger partial charge in [-0.15, -0.1) is 6.42 Å². The number of carbonyl (C=O) groups excluding carboxylic acids is 1. The molecule has 0 saturated carbocycles. The second-order valence-corrected chi connectivity index (χ2v) is 5.95. The van der Waals surface area contributed by atoms with E-state index in [1.807, 2.05) is 18.2 Å². The summed E-state index contributed by atoms with van der Waals surface area (Å²) in [6, 6.07) is 5.58. The number of amides is 1. The number of hydrogen-bond donors (Lipinski definition) is 1. The summed E-state index contributed by atoms with van der Waals surface area (Å²) in [5.41, 5.74) is -0.0483. The van der Waals surface area contributed by atoms with E-state index in [2.05, 4.69) is 49.8 Å². The summed E-state index contributed by atoms with van der Waals surface area (Å²) in [4.78, 5) is 12.0. The van der Waals surface area contributed by atoms with Gasteiger partial charge < -0.3 is 5.32 Å². The summed E-state index contributed by atoms with van der Waals surface area (Å²) in [5, 5.41) is 2.78. The van der Waals surface area contributed by atoms with Crippen LogP contribution in [-0.4, -0.2) is 11.4 Å². The average Bonchev–Trinajstić information content (AvgIpc) is 2.21. The number of nitrogens with one attached hydrogen (secondary N) is 1. The smallest absolute Gasteiger partial charge is 0.253 e. The molecule has 0 unspecified atom stereocenters. The first-order chi connectivity index (χ1) is 7.35. The van der Waals surface area contributed by atoms with E-state index in [1.165, 1.54) is 0 Å². The zero-order valence-corrected chi connectivity index (χ0v) is 12.7. The van der Waals surface area contributed by atoms with Crippen molar-refractivity contribution in [2.24, 2.45) is 0 Å². The van der Waals surface area contributed by atoms with Crippen molar-refractivity contribution in [3.63, 3.8) is 0 Å². The van der Waals surface area contributed by atoms with Crippen LogP contribution < -0.4 is 5.32 Å². The molecule has 0 fully saturated rings. The molecular formula is C12H11BrINO. The van der Waals surface area contributed by atoms with E-state index in [9.17, 15) is 4.79 Å². The van der Waals surface area contributed by atoms with Gasteiger partial charge in [-0.25, -0.2) is 0 Å². The molecule has 2 nitrogen and oxygen atoms in total. The standard InChI is InChI=1S/C12H11BrINO/c1-4-12(2,3)15-11(16)9-7-8(14)5-6-10(9)13/h1,5-7H,2-3H3,(H,15,16). The van der Waals surface area contributed by atoms with Gasteiger partial charge in [0, 0.05) is 8.04 Å². The third kappa shape index (κ3) is 3.49. The monoisotopic (exact) mass is 391 g/mol. The molecule has 1 rings (SSSR count). The lowest BCUT2D eigenvalue weighted by atomic mass is 10.1. The highest BCUT2D eigenvalue weighted by Crippen LogP contribution is 2.20. The maximum absolute atomic E-state index is 12.0. The van der Waals surface area contributed by atoms with Crippen molar-refractivity contribution in [3.05, 3.63) is 31.8 Å². The molecule has 4 heteroatoms. The fourth-order valence-electron chi connectivity index (χ4n) is 1.06. The molecule has 16 heavy (non-hydrogen) atoms. The lowest BCUT2D eigenvalue weighted by Gasteiger charge is -2.20. The zero-order chi connectivity index (χ0) is 12.3. The van der Waals surface area contributed by atoms with E-state index in [4.69, 9.17) is 6.42 Å². The quantitative estimate of drug-likeness (QED) is 0.608. The van der Waals surface area contributed by atoms with Crippen LogP contribution in [0.15, 0.2) is 22.7 Å². The molecule has 1 N–H and O–H groups in total. The molecule has 0 aromatic heterocycles. The first kappa shape index (κ1) is 13.5. The molecule has 1 aromatic carbocycles. The Bertz CT molecular complexity index is 463. The third-order valence-corrected chi connectivity index (χ3v) is 3.32. The predicted octanol–water partition coefficient (Wildman–Crippen LogP) is 3.20. The molecule has 84 valence electrons. The molecule has 1 amide bonds. The van der Waals surface area contributed by atoms with Crippen LogP contribution in [0.2, 0.25) is 0 Å². The van der Waals surface area contributed by atoms with E-state index in [1.54, 1.807) is 13.8 Å². The van der Waals surface area contributed by atoms with Crippen molar-refractivity contribution in [2.45, 2.75) is 19.4 Å². The van der Waals surface area contributed by atoms with Gasteiger partial charge in [-0.2, -0.15) is 0 Å². The molecule has 0 aliphatic carbocycles. The summed E-state index contributed by atoms with van der Waals surface area (Å²) in [5.74, 6) is 2.35. The Balaban J connectivity index is 2.98. The molecule has 0 bridgehead atoms. The molecule has 0 aliphatic rings. The number of halogens is 2. The van der Waals surface area contributed by atoms with Gasteiger partial charge in [0.1, 0.15) is 0 Å². The normalized spacial score (nSPS) is 10.7. The van der Waals surface area contributed by atoms with Crippen molar-refractivity contribution >= 4 is 44.4 Å². The average molecular weight is 392 g/mol. The highest BCUT2D eigenvalue weighted by Gasteiger charge is 2.19. The summed E-state index contributed by atoms with van der Waals surface area (Å²) < 4.78 is 1.77. The van der Waals surface area contributed by atoms with Crippen LogP contribution in [0.3, 0.4) is 0 Å². The highest BCUT2D eigenvalue weighted by atomic mass is 127. The van der Waals surface area contributed by atoms with E-state index in [-0.39, 0.29) is 5.91 Å². The van der Waals surface area contributed by atoms with E-state index in [0.717, 1.165) is 8.04 Å². The minimum absolute atomic E-state index is 0.173. The van der Waals surface area contributed by atoms with Crippen LogP contribution in [0.4, 0.5) is 0 Å². The van der Waals surface area contributed by atoms with Crippen LogP contribution in [0, 0.1) is 15.9 Å².